The van der Waals surface area contributed by atoms with Crippen LogP contribution in [0.3, 0.4) is 0 Å². The van der Waals surface area contributed by atoms with Gasteiger partial charge in [-0.1, -0.05) is 58.3 Å². The van der Waals surface area contributed by atoms with Crippen LogP contribution in [0, 0.1) is 0 Å². The average molecular weight is 306 g/mol. The molecule has 1 rings (SSSR count). The molecule has 0 aliphatic carbocycles. The van der Waals surface area contributed by atoms with E-state index >= 15 is 0 Å². The quantitative estimate of drug-likeness (QED) is 0.521. The van der Waals surface area contributed by atoms with E-state index in [1.165, 1.54) is 51.4 Å². The highest BCUT2D eigenvalue weighted by molar-refractivity contribution is 5.88. The van der Waals surface area contributed by atoms with Gasteiger partial charge < -0.3 is 9.84 Å². The van der Waals surface area contributed by atoms with Crippen LogP contribution in [0.4, 0.5) is 0 Å². The van der Waals surface area contributed by atoms with Gasteiger partial charge in [-0.15, -0.1) is 0 Å². The number of carboxylic acids is 1. The Bertz CT molecular complexity index is 440. The lowest BCUT2D eigenvalue weighted by molar-refractivity contribution is 0.0696. The van der Waals surface area contributed by atoms with E-state index in [-0.39, 0.29) is 0 Å². The molecular weight excluding hydrogens is 276 g/mol. The number of hydrogen-bond donors (Lipinski definition) is 1. The second-order valence-corrected chi connectivity index (χ2v) is 5.95. The molecule has 0 aromatic heterocycles. The van der Waals surface area contributed by atoms with E-state index in [1.54, 1.807) is 19.2 Å². The summed E-state index contributed by atoms with van der Waals surface area (Å²) < 4.78 is 5.17. The van der Waals surface area contributed by atoms with Gasteiger partial charge in [0.25, 0.3) is 0 Å². The highest BCUT2D eigenvalue weighted by atomic mass is 16.5. The number of rotatable bonds is 12. The van der Waals surface area contributed by atoms with Gasteiger partial charge in [0.05, 0.1) is 12.7 Å². The number of benzene rings is 1. The third-order valence-electron chi connectivity index (χ3n) is 4.02. The molecular formula is C19H30O3. The van der Waals surface area contributed by atoms with Crippen LogP contribution in [-0.4, -0.2) is 18.2 Å². The lowest BCUT2D eigenvalue weighted by atomic mass is 10.0. The predicted octanol–water partition coefficient (Wildman–Crippen LogP) is 5.47. The Labute approximate surface area is 134 Å². The lowest BCUT2D eigenvalue weighted by Gasteiger charge is -2.07. The largest absolute Gasteiger partial charge is 0.497 e. The number of unbranched alkanes of at least 4 members (excludes halogenated alkanes) is 8. The van der Waals surface area contributed by atoms with Crippen LogP contribution in [0.15, 0.2) is 18.2 Å². The van der Waals surface area contributed by atoms with Crippen molar-refractivity contribution in [1.82, 2.24) is 0 Å². The summed E-state index contributed by atoms with van der Waals surface area (Å²) in [4.78, 5) is 11.1. The van der Waals surface area contributed by atoms with Crippen molar-refractivity contribution in [3.8, 4) is 5.75 Å². The van der Waals surface area contributed by atoms with Crippen molar-refractivity contribution in [3.05, 3.63) is 29.3 Å². The van der Waals surface area contributed by atoms with Crippen molar-refractivity contribution < 1.29 is 14.6 Å². The molecule has 22 heavy (non-hydrogen) atoms. The van der Waals surface area contributed by atoms with Gasteiger partial charge in [0.2, 0.25) is 0 Å². The minimum atomic E-state index is -0.896. The SMILES string of the molecule is CCCCCCCCCCCc1cc(OC)cc(C(=O)O)c1. The van der Waals surface area contributed by atoms with E-state index in [2.05, 4.69) is 6.92 Å². The molecule has 0 aliphatic heterocycles. The van der Waals surface area contributed by atoms with Crippen LogP contribution < -0.4 is 4.74 Å². The first-order valence-electron chi connectivity index (χ1n) is 8.58. The third kappa shape index (κ3) is 7.48. The molecule has 0 bridgehead atoms. The Morgan fingerprint density at radius 2 is 1.55 bits per heavy atom. The van der Waals surface area contributed by atoms with Gasteiger partial charge in [-0.3, -0.25) is 0 Å². The normalized spacial score (nSPS) is 10.6. The average Bonchev–Trinajstić information content (AvgIpc) is 2.53. The van der Waals surface area contributed by atoms with E-state index in [0.717, 1.165) is 18.4 Å². The van der Waals surface area contributed by atoms with Gasteiger partial charge >= 0.3 is 5.97 Å². The molecule has 0 fully saturated rings. The molecule has 1 N–H and O–H groups in total. The van der Waals surface area contributed by atoms with Crippen LogP contribution in [0.2, 0.25) is 0 Å². The molecule has 1 aromatic rings. The topological polar surface area (TPSA) is 46.5 Å². The first-order chi connectivity index (χ1) is 10.7. The Balaban J connectivity index is 2.24. The summed E-state index contributed by atoms with van der Waals surface area (Å²) in [5.74, 6) is -0.266. The molecule has 0 saturated carbocycles. The van der Waals surface area contributed by atoms with E-state index in [4.69, 9.17) is 9.84 Å². The van der Waals surface area contributed by atoms with E-state index < -0.39 is 5.97 Å². The summed E-state index contributed by atoms with van der Waals surface area (Å²) >= 11 is 0. The second-order valence-electron chi connectivity index (χ2n) is 5.95. The first-order valence-corrected chi connectivity index (χ1v) is 8.58. The molecule has 0 heterocycles. The first kappa shape index (κ1) is 18.5. The Hall–Kier alpha value is -1.51. The number of aromatic carboxylic acids is 1. The smallest absolute Gasteiger partial charge is 0.335 e. The molecule has 124 valence electrons. The molecule has 0 saturated heterocycles. The van der Waals surface area contributed by atoms with Crippen LogP contribution in [0.5, 0.6) is 5.75 Å². The summed E-state index contributed by atoms with van der Waals surface area (Å²) in [5, 5.41) is 9.10. The summed E-state index contributed by atoms with van der Waals surface area (Å²) in [7, 11) is 1.57. The van der Waals surface area contributed by atoms with Crippen LogP contribution in [-0.2, 0) is 6.42 Å². The predicted molar refractivity (Wildman–Crippen MR) is 90.9 cm³/mol. The van der Waals surface area contributed by atoms with Crippen LogP contribution in [0.1, 0.15) is 80.6 Å². The summed E-state index contributed by atoms with van der Waals surface area (Å²) in [5.41, 5.74) is 1.37. The molecule has 3 nitrogen and oxygen atoms in total. The van der Waals surface area contributed by atoms with Gasteiger partial charge in [0.1, 0.15) is 5.75 Å². The van der Waals surface area contributed by atoms with Crippen molar-refractivity contribution in [2.75, 3.05) is 7.11 Å². The standard InChI is InChI=1S/C19H30O3/c1-3-4-5-6-7-8-9-10-11-12-16-13-17(19(20)21)15-18(14-16)22-2/h13-15H,3-12H2,1-2H3,(H,20,21). The van der Waals surface area contributed by atoms with Crippen molar-refractivity contribution in [1.29, 1.82) is 0 Å². The zero-order valence-corrected chi connectivity index (χ0v) is 14.1. The highest BCUT2D eigenvalue weighted by Gasteiger charge is 2.07. The summed E-state index contributed by atoms with van der Waals surface area (Å²) in [6, 6.07) is 5.27. The van der Waals surface area contributed by atoms with Gasteiger partial charge in [-0.05, 0) is 36.6 Å². The van der Waals surface area contributed by atoms with E-state index in [1.807, 2.05) is 6.07 Å². The van der Waals surface area contributed by atoms with Crippen LogP contribution >= 0.6 is 0 Å². The molecule has 0 radical (unpaired) electrons. The van der Waals surface area contributed by atoms with Gasteiger partial charge in [0.15, 0.2) is 0 Å². The van der Waals surface area contributed by atoms with Crippen LogP contribution in [0.25, 0.3) is 0 Å². The molecule has 3 heteroatoms. The number of carboxylic acid groups (broad SMARTS) is 1. The van der Waals surface area contributed by atoms with E-state index in [9.17, 15) is 4.79 Å². The van der Waals surface area contributed by atoms with Crippen molar-refractivity contribution in [2.24, 2.45) is 0 Å². The Morgan fingerprint density at radius 3 is 2.09 bits per heavy atom. The lowest BCUT2D eigenvalue weighted by Crippen LogP contribution is -1.99. The maximum atomic E-state index is 11.1. The molecule has 1 aromatic carbocycles. The second kappa shape index (κ2) is 11.1. The third-order valence-corrected chi connectivity index (χ3v) is 4.02. The van der Waals surface area contributed by atoms with Gasteiger partial charge in [0, 0.05) is 0 Å². The minimum absolute atomic E-state index is 0.310. The molecule has 0 amide bonds. The molecule has 0 atom stereocenters. The molecule has 0 aliphatic rings. The van der Waals surface area contributed by atoms with Gasteiger partial charge in [-0.25, -0.2) is 4.79 Å². The fourth-order valence-electron chi connectivity index (χ4n) is 2.69. The number of ether oxygens (including phenoxy) is 1. The maximum absolute atomic E-state index is 11.1. The molecule has 0 unspecified atom stereocenters. The van der Waals surface area contributed by atoms with Crippen molar-refractivity contribution in [2.45, 2.75) is 71.1 Å². The van der Waals surface area contributed by atoms with E-state index in [0.29, 0.717) is 11.3 Å². The fourth-order valence-corrected chi connectivity index (χ4v) is 2.69. The Morgan fingerprint density at radius 1 is 0.955 bits per heavy atom. The zero-order chi connectivity index (χ0) is 16.2. The summed E-state index contributed by atoms with van der Waals surface area (Å²) in [6.07, 6.45) is 12.6. The zero-order valence-electron chi connectivity index (χ0n) is 14.1. The highest BCUT2D eigenvalue weighted by Crippen LogP contribution is 2.19. The van der Waals surface area contributed by atoms with Crippen molar-refractivity contribution >= 4 is 5.97 Å². The molecule has 0 spiro atoms. The fraction of sp³-hybridized carbons (Fsp3) is 0.632. The number of hydrogen-bond acceptors (Lipinski definition) is 2. The van der Waals surface area contributed by atoms with Gasteiger partial charge in [-0.2, -0.15) is 0 Å². The minimum Gasteiger partial charge on any atom is -0.497 e. The monoisotopic (exact) mass is 306 g/mol. The Kier molecular flexibility index (Phi) is 9.36. The van der Waals surface area contributed by atoms with Crippen molar-refractivity contribution in [3.63, 3.8) is 0 Å². The summed E-state index contributed by atoms with van der Waals surface area (Å²) in [6.45, 7) is 2.24. The maximum Gasteiger partial charge on any atom is 0.335 e. The number of methoxy groups -OCH3 is 1. The number of carbonyl (C=O) groups is 1. The number of aryl methyl sites for hydroxylation is 1.